The lowest BCUT2D eigenvalue weighted by Gasteiger charge is -2.09. The molecule has 0 fully saturated rings. The Morgan fingerprint density at radius 3 is 2.46 bits per heavy atom. The van der Waals surface area contributed by atoms with Crippen molar-refractivity contribution in [1.82, 2.24) is 4.98 Å². The van der Waals surface area contributed by atoms with Crippen molar-refractivity contribution in [2.45, 2.75) is 6.92 Å². The van der Waals surface area contributed by atoms with E-state index in [9.17, 15) is 20.0 Å². The molecule has 0 atom stereocenters. The van der Waals surface area contributed by atoms with Crippen molar-refractivity contribution in [1.29, 1.82) is 0 Å². The normalized spacial score (nSPS) is 10.0. The molecule has 0 aliphatic carbocycles. The van der Waals surface area contributed by atoms with Gasteiger partial charge in [0, 0.05) is 0 Å². The number of aromatic hydroxyl groups is 1. The van der Waals surface area contributed by atoms with Crippen molar-refractivity contribution >= 4 is 17.4 Å². The molecular formula is C15H15N3O6. The molecule has 9 nitrogen and oxygen atoms in total. The van der Waals surface area contributed by atoms with Crippen LogP contribution >= 0.6 is 0 Å². The first-order valence-electron chi connectivity index (χ1n) is 6.98. The molecule has 0 spiro atoms. The van der Waals surface area contributed by atoms with E-state index in [4.69, 9.17) is 9.47 Å². The van der Waals surface area contributed by atoms with Gasteiger partial charge in [0.2, 0.25) is 0 Å². The van der Waals surface area contributed by atoms with Crippen LogP contribution in [-0.4, -0.2) is 34.1 Å². The lowest BCUT2D eigenvalue weighted by molar-refractivity contribution is -0.385. The molecule has 0 saturated carbocycles. The number of hydrogen-bond acceptors (Lipinski definition) is 7. The van der Waals surface area contributed by atoms with Crippen LogP contribution in [0.1, 0.15) is 6.92 Å². The molecule has 1 heterocycles. The second kappa shape index (κ2) is 7.77. The van der Waals surface area contributed by atoms with Crippen molar-refractivity contribution in [3.63, 3.8) is 0 Å². The number of nitro groups is 1. The number of carbonyl (C=O) groups is 1. The third-order valence-corrected chi connectivity index (χ3v) is 2.83. The summed E-state index contributed by atoms with van der Waals surface area (Å²) in [5.41, 5.74) is -0.379. The summed E-state index contributed by atoms with van der Waals surface area (Å²) < 4.78 is 10.6. The highest BCUT2D eigenvalue weighted by Gasteiger charge is 2.14. The number of aromatic nitrogens is 1. The second-order valence-electron chi connectivity index (χ2n) is 4.56. The fourth-order valence-electron chi connectivity index (χ4n) is 1.75. The molecule has 1 amide bonds. The van der Waals surface area contributed by atoms with Gasteiger partial charge in [0.05, 0.1) is 17.6 Å². The van der Waals surface area contributed by atoms with Crippen molar-refractivity contribution in [2.75, 3.05) is 18.5 Å². The molecule has 0 unspecified atom stereocenters. The Kier molecular flexibility index (Phi) is 5.50. The van der Waals surface area contributed by atoms with Gasteiger partial charge in [0.1, 0.15) is 17.7 Å². The maximum atomic E-state index is 11.8. The van der Waals surface area contributed by atoms with Crippen molar-refractivity contribution < 1.29 is 24.3 Å². The van der Waals surface area contributed by atoms with Gasteiger partial charge in [-0.05, 0) is 31.2 Å². The zero-order chi connectivity index (χ0) is 17.5. The Hall–Kier alpha value is -3.36. The Labute approximate surface area is 137 Å². The van der Waals surface area contributed by atoms with Gasteiger partial charge in [0.25, 0.3) is 11.6 Å². The number of carbonyl (C=O) groups excluding carboxylic acids is 1. The van der Waals surface area contributed by atoms with Crippen LogP contribution in [0.5, 0.6) is 17.2 Å². The van der Waals surface area contributed by atoms with Crippen molar-refractivity contribution in [3.05, 3.63) is 46.6 Å². The van der Waals surface area contributed by atoms with E-state index in [1.54, 1.807) is 24.3 Å². The van der Waals surface area contributed by atoms with Gasteiger partial charge in [-0.15, -0.1) is 0 Å². The third kappa shape index (κ3) is 4.57. The lowest BCUT2D eigenvalue weighted by atomic mass is 10.3. The van der Waals surface area contributed by atoms with Crippen LogP contribution in [0.4, 0.5) is 11.5 Å². The first kappa shape index (κ1) is 17.0. The minimum atomic E-state index is -0.701. The van der Waals surface area contributed by atoms with Gasteiger partial charge in [0.15, 0.2) is 18.2 Å². The molecule has 0 aliphatic rings. The summed E-state index contributed by atoms with van der Waals surface area (Å²) >= 11 is 0. The van der Waals surface area contributed by atoms with Gasteiger partial charge < -0.3 is 19.9 Å². The van der Waals surface area contributed by atoms with Gasteiger partial charge in [-0.2, -0.15) is 0 Å². The van der Waals surface area contributed by atoms with E-state index < -0.39 is 16.6 Å². The largest absolute Gasteiger partial charge is 0.504 e. The van der Waals surface area contributed by atoms with Crippen LogP contribution in [0, 0.1) is 10.1 Å². The average Bonchev–Trinajstić information content (AvgIpc) is 2.56. The number of rotatable bonds is 7. The first-order chi connectivity index (χ1) is 11.5. The molecular weight excluding hydrogens is 318 g/mol. The summed E-state index contributed by atoms with van der Waals surface area (Å²) in [6.07, 6.45) is 0.933. The summed E-state index contributed by atoms with van der Waals surface area (Å²) in [6.45, 7) is 2.11. The summed E-state index contributed by atoms with van der Waals surface area (Å²) in [5, 5.41) is 22.5. The highest BCUT2D eigenvalue weighted by atomic mass is 16.6. The molecule has 0 aliphatic heterocycles. The standard InChI is InChI=1S/C15H15N3O6/c1-2-23-11-3-5-12(6-4-11)24-9-14(20)17-15-13(19)7-10(8-16-15)18(21)22/h3-8,19H,2,9H2,1H3,(H,16,17,20). The minimum absolute atomic E-state index is 0.180. The maximum absolute atomic E-state index is 11.8. The number of hydrogen-bond donors (Lipinski definition) is 2. The van der Waals surface area contributed by atoms with E-state index in [1.165, 1.54) is 0 Å². The number of benzene rings is 1. The number of pyridine rings is 1. The quantitative estimate of drug-likeness (QED) is 0.587. The van der Waals surface area contributed by atoms with Crippen LogP contribution in [0.25, 0.3) is 0 Å². The third-order valence-electron chi connectivity index (χ3n) is 2.83. The smallest absolute Gasteiger partial charge is 0.291 e. The first-order valence-corrected chi connectivity index (χ1v) is 6.98. The summed E-state index contributed by atoms with van der Waals surface area (Å²) in [6, 6.07) is 7.62. The Bertz CT molecular complexity index is 732. The number of nitrogens with zero attached hydrogens (tertiary/aromatic N) is 2. The molecule has 0 radical (unpaired) electrons. The molecule has 2 aromatic rings. The van der Waals surface area contributed by atoms with E-state index in [2.05, 4.69) is 10.3 Å². The molecule has 1 aromatic heterocycles. The van der Waals surface area contributed by atoms with Gasteiger partial charge >= 0.3 is 0 Å². The number of amides is 1. The zero-order valence-corrected chi connectivity index (χ0v) is 12.8. The molecule has 0 bridgehead atoms. The van der Waals surface area contributed by atoms with Crippen molar-refractivity contribution in [2.24, 2.45) is 0 Å². The zero-order valence-electron chi connectivity index (χ0n) is 12.8. The fraction of sp³-hybridized carbons (Fsp3) is 0.200. The average molecular weight is 333 g/mol. The van der Waals surface area contributed by atoms with Crippen LogP contribution in [0.2, 0.25) is 0 Å². The van der Waals surface area contributed by atoms with Gasteiger partial charge in [-0.1, -0.05) is 0 Å². The van der Waals surface area contributed by atoms with E-state index in [0.29, 0.717) is 18.1 Å². The van der Waals surface area contributed by atoms with Crippen LogP contribution in [0.3, 0.4) is 0 Å². The van der Waals surface area contributed by atoms with Crippen LogP contribution in [0.15, 0.2) is 36.5 Å². The SMILES string of the molecule is CCOc1ccc(OCC(=O)Nc2ncc([N+](=O)[O-])cc2O)cc1. The van der Waals surface area contributed by atoms with E-state index in [-0.39, 0.29) is 18.1 Å². The van der Waals surface area contributed by atoms with E-state index in [1.807, 2.05) is 6.92 Å². The van der Waals surface area contributed by atoms with Gasteiger partial charge in [-0.3, -0.25) is 14.9 Å². The Morgan fingerprint density at radius 1 is 1.29 bits per heavy atom. The second-order valence-corrected chi connectivity index (χ2v) is 4.56. The van der Waals surface area contributed by atoms with E-state index >= 15 is 0 Å². The predicted octanol–water partition coefficient (Wildman–Crippen LogP) is 2.11. The highest BCUT2D eigenvalue weighted by Crippen LogP contribution is 2.25. The van der Waals surface area contributed by atoms with Crippen LogP contribution < -0.4 is 14.8 Å². The Balaban J connectivity index is 1.90. The summed E-state index contributed by atoms with van der Waals surface area (Å²) in [5.74, 6) is -0.0937. The van der Waals surface area contributed by atoms with E-state index in [0.717, 1.165) is 12.3 Å². The molecule has 1 aromatic carbocycles. The molecule has 2 N–H and O–H groups in total. The monoisotopic (exact) mass is 333 g/mol. The fourth-order valence-corrected chi connectivity index (χ4v) is 1.75. The van der Waals surface area contributed by atoms with Gasteiger partial charge in [-0.25, -0.2) is 4.98 Å². The predicted molar refractivity (Wildman–Crippen MR) is 84.3 cm³/mol. The number of anilines is 1. The Morgan fingerprint density at radius 2 is 1.92 bits per heavy atom. The topological polar surface area (TPSA) is 124 Å². The molecule has 126 valence electrons. The number of ether oxygens (including phenoxy) is 2. The summed E-state index contributed by atoms with van der Waals surface area (Å²) in [4.78, 5) is 25.3. The number of nitrogens with one attached hydrogen (secondary N) is 1. The maximum Gasteiger partial charge on any atom is 0.291 e. The molecule has 9 heteroatoms. The molecule has 0 saturated heterocycles. The van der Waals surface area contributed by atoms with Crippen molar-refractivity contribution in [3.8, 4) is 17.2 Å². The molecule has 24 heavy (non-hydrogen) atoms. The molecule has 2 rings (SSSR count). The minimum Gasteiger partial charge on any atom is -0.504 e. The lowest BCUT2D eigenvalue weighted by Crippen LogP contribution is -2.20. The van der Waals surface area contributed by atoms with Crippen LogP contribution in [-0.2, 0) is 4.79 Å². The highest BCUT2D eigenvalue weighted by molar-refractivity contribution is 5.92. The summed E-state index contributed by atoms with van der Waals surface area (Å²) in [7, 11) is 0.